The van der Waals surface area contributed by atoms with Crippen molar-refractivity contribution < 1.29 is 0 Å². The molecule has 8 rings (SSSR count). The van der Waals surface area contributed by atoms with Gasteiger partial charge in [-0.05, 0) is 58.0 Å². The molecule has 40 heavy (non-hydrogen) atoms. The summed E-state index contributed by atoms with van der Waals surface area (Å²) in [5, 5.41) is 5.39. The molecule has 0 aliphatic heterocycles. The molecule has 0 atom stereocenters. The van der Waals surface area contributed by atoms with E-state index in [0.29, 0.717) is 0 Å². The maximum absolute atomic E-state index is 5.41. The summed E-state index contributed by atoms with van der Waals surface area (Å²) in [4.78, 5) is 15.0. The van der Waals surface area contributed by atoms with Crippen molar-refractivity contribution >= 4 is 43.5 Å². The number of fused-ring (bicyclic) bond motifs is 7. The molecular formula is C37H23N3. The highest BCUT2D eigenvalue weighted by Crippen LogP contribution is 2.39. The van der Waals surface area contributed by atoms with Crippen LogP contribution in [0.25, 0.3) is 77.0 Å². The Morgan fingerprint density at radius 1 is 0.375 bits per heavy atom. The minimum atomic E-state index is 0.877. The van der Waals surface area contributed by atoms with Crippen LogP contribution in [-0.4, -0.2) is 15.0 Å². The van der Waals surface area contributed by atoms with Gasteiger partial charge in [0.15, 0.2) is 0 Å². The van der Waals surface area contributed by atoms with Crippen molar-refractivity contribution in [3.63, 3.8) is 0 Å². The number of rotatable bonds is 3. The van der Waals surface area contributed by atoms with E-state index in [4.69, 9.17) is 9.97 Å². The quantitative estimate of drug-likeness (QED) is 0.223. The molecule has 0 spiro atoms. The second kappa shape index (κ2) is 9.11. The van der Waals surface area contributed by atoms with Gasteiger partial charge in [0.1, 0.15) is 0 Å². The summed E-state index contributed by atoms with van der Waals surface area (Å²) >= 11 is 0. The van der Waals surface area contributed by atoms with Crippen LogP contribution >= 0.6 is 0 Å². The van der Waals surface area contributed by atoms with E-state index in [1.165, 1.54) is 11.1 Å². The molecule has 0 saturated carbocycles. The van der Waals surface area contributed by atoms with Crippen molar-refractivity contribution in [1.82, 2.24) is 15.0 Å². The molecule has 0 unspecified atom stereocenters. The van der Waals surface area contributed by atoms with Gasteiger partial charge in [0.05, 0.1) is 22.2 Å². The molecule has 0 bridgehead atoms. The van der Waals surface area contributed by atoms with E-state index in [0.717, 1.165) is 65.9 Å². The SMILES string of the molecule is c1ccc(-c2cc(-c3ccccc3)cc(-c3nc4c(cnc5c4ccc4cccnc45)c4ccccc34)c2)cc1. The molecule has 3 nitrogen and oxygen atoms in total. The van der Waals surface area contributed by atoms with Gasteiger partial charge in [0.2, 0.25) is 0 Å². The number of hydrogen-bond donors (Lipinski definition) is 0. The third-order valence-corrected chi connectivity index (χ3v) is 7.70. The molecule has 0 saturated heterocycles. The van der Waals surface area contributed by atoms with Crippen molar-refractivity contribution in [3.8, 4) is 33.5 Å². The lowest BCUT2D eigenvalue weighted by atomic mass is 9.93. The highest BCUT2D eigenvalue weighted by atomic mass is 14.8. The van der Waals surface area contributed by atoms with Gasteiger partial charge in [-0.3, -0.25) is 9.97 Å². The minimum absolute atomic E-state index is 0.877. The average Bonchev–Trinajstić information content (AvgIpc) is 3.04. The summed E-state index contributed by atoms with van der Waals surface area (Å²) in [7, 11) is 0. The van der Waals surface area contributed by atoms with E-state index in [-0.39, 0.29) is 0 Å². The topological polar surface area (TPSA) is 38.7 Å². The van der Waals surface area contributed by atoms with Crippen LogP contribution in [0, 0.1) is 0 Å². The Morgan fingerprint density at radius 3 is 1.75 bits per heavy atom. The molecule has 3 aromatic heterocycles. The first kappa shape index (κ1) is 22.6. The summed E-state index contributed by atoms with van der Waals surface area (Å²) in [5.41, 5.74) is 9.46. The van der Waals surface area contributed by atoms with Gasteiger partial charge in [-0.2, -0.15) is 0 Å². The number of aromatic nitrogens is 3. The third-order valence-electron chi connectivity index (χ3n) is 7.70. The number of nitrogens with zero attached hydrogens (tertiary/aromatic N) is 3. The molecule has 3 heterocycles. The first-order valence-corrected chi connectivity index (χ1v) is 13.4. The maximum Gasteiger partial charge on any atom is 0.0986 e. The summed E-state index contributed by atoms with van der Waals surface area (Å²) in [6, 6.07) is 44.7. The molecule has 0 N–H and O–H groups in total. The van der Waals surface area contributed by atoms with Crippen LogP contribution in [0.5, 0.6) is 0 Å². The highest BCUT2D eigenvalue weighted by Gasteiger charge is 2.16. The smallest absolute Gasteiger partial charge is 0.0986 e. The first-order chi connectivity index (χ1) is 19.8. The van der Waals surface area contributed by atoms with Gasteiger partial charge in [-0.15, -0.1) is 0 Å². The lowest BCUT2D eigenvalue weighted by Gasteiger charge is -2.15. The van der Waals surface area contributed by atoms with Crippen molar-refractivity contribution in [1.29, 1.82) is 0 Å². The zero-order valence-corrected chi connectivity index (χ0v) is 21.6. The van der Waals surface area contributed by atoms with Crippen LogP contribution in [0.4, 0.5) is 0 Å². The van der Waals surface area contributed by atoms with E-state index in [1.54, 1.807) is 0 Å². The fraction of sp³-hybridized carbons (Fsp3) is 0. The number of pyridine rings is 3. The van der Waals surface area contributed by atoms with E-state index in [2.05, 4.69) is 126 Å². The largest absolute Gasteiger partial charge is 0.254 e. The molecule has 0 amide bonds. The Morgan fingerprint density at radius 2 is 1.02 bits per heavy atom. The zero-order chi connectivity index (χ0) is 26.5. The molecule has 8 aromatic rings. The Balaban J connectivity index is 1.47. The van der Waals surface area contributed by atoms with Crippen LogP contribution in [0.2, 0.25) is 0 Å². The minimum Gasteiger partial charge on any atom is -0.254 e. The Kier molecular flexibility index (Phi) is 5.14. The summed E-state index contributed by atoms with van der Waals surface area (Å²) in [6.07, 6.45) is 3.79. The van der Waals surface area contributed by atoms with E-state index < -0.39 is 0 Å². The summed E-state index contributed by atoms with van der Waals surface area (Å²) in [6.45, 7) is 0. The van der Waals surface area contributed by atoms with E-state index in [1.807, 2.05) is 18.5 Å². The molecule has 3 heteroatoms. The molecule has 0 fully saturated rings. The van der Waals surface area contributed by atoms with Crippen LogP contribution in [0.3, 0.4) is 0 Å². The fourth-order valence-corrected chi connectivity index (χ4v) is 5.78. The Labute approximate surface area is 231 Å². The normalized spacial score (nSPS) is 11.5. The van der Waals surface area contributed by atoms with E-state index in [9.17, 15) is 0 Å². The van der Waals surface area contributed by atoms with Gasteiger partial charge in [0, 0.05) is 39.5 Å². The van der Waals surface area contributed by atoms with Crippen molar-refractivity contribution in [3.05, 3.63) is 140 Å². The summed E-state index contributed by atoms with van der Waals surface area (Å²) < 4.78 is 0. The van der Waals surface area contributed by atoms with Gasteiger partial charge in [0.25, 0.3) is 0 Å². The lowest BCUT2D eigenvalue weighted by Crippen LogP contribution is -1.94. The van der Waals surface area contributed by atoms with Crippen LogP contribution in [-0.2, 0) is 0 Å². The Bertz CT molecular complexity index is 2150. The maximum atomic E-state index is 5.41. The summed E-state index contributed by atoms with van der Waals surface area (Å²) in [5.74, 6) is 0. The third kappa shape index (κ3) is 3.63. The van der Waals surface area contributed by atoms with Crippen LogP contribution in [0.1, 0.15) is 0 Å². The fourth-order valence-electron chi connectivity index (χ4n) is 5.78. The molecular weight excluding hydrogens is 486 g/mol. The van der Waals surface area contributed by atoms with Crippen LogP contribution < -0.4 is 0 Å². The average molecular weight is 510 g/mol. The Hall–Kier alpha value is -5.41. The molecule has 0 radical (unpaired) electrons. The standard InChI is InChI=1S/C37H23N3/c1-3-10-24(11-4-1)27-20-28(25-12-5-2-6-13-25)22-29(21-27)34-31-16-8-7-15-30(31)33-23-39-37-32(36(33)40-34)18-17-26-14-9-19-38-35(26)37/h1-23H. The van der Waals surface area contributed by atoms with Gasteiger partial charge in [-0.25, -0.2) is 4.98 Å². The second-order valence-electron chi connectivity index (χ2n) is 10.1. The zero-order valence-electron chi connectivity index (χ0n) is 21.6. The van der Waals surface area contributed by atoms with Crippen molar-refractivity contribution in [2.45, 2.75) is 0 Å². The first-order valence-electron chi connectivity index (χ1n) is 13.4. The monoisotopic (exact) mass is 509 g/mol. The predicted octanol–water partition coefficient (Wildman–Crippen LogP) is 9.49. The number of hydrogen-bond acceptors (Lipinski definition) is 3. The number of benzene rings is 5. The molecule has 186 valence electrons. The van der Waals surface area contributed by atoms with Crippen molar-refractivity contribution in [2.24, 2.45) is 0 Å². The highest BCUT2D eigenvalue weighted by molar-refractivity contribution is 6.20. The second-order valence-corrected chi connectivity index (χ2v) is 10.1. The van der Waals surface area contributed by atoms with Crippen LogP contribution in [0.15, 0.2) is 140 Å². The van der Waals surface area contributed by atoms with E-state index >= 15 is 0 Å². The van der Waals surface area contributed by atoms with Crippen molar-refractivity contribution in [2.75, 3.05) is 0 Å². The lowest BCUT2D eigenvalue weighted by molar-refractivity contribution is 1.37. The molecule has 0 aliphatic carbocycles. The molecule has 0 aliphatic rings. The van der Waals surface area contributed by atoms with Gasteiger partial charge >= 0.3 is 0 Å². The predicted molar refractivity (Wildman–Crippen MR) is 166 cm³/mol. The van der Waals surface area contributed by atoms with Gasteiger partial charge in [-0.1, -0.05) is 97.1 Å². The molecule has 5 aromatic carbocycles. The van der Waals surface area contributed by atoms with Gasteiger partial charge < -0.3 is 0 Å².